The van der Waals surface area contributed by atoms with Crippen LogP contribution in [0, 0.1) is 5.82 Å². The van der Waals surface area contributed by atoms with Crippen LogP contribution in [0.1, 0.15) is 38.4 Å². The molecule has 0 saturated carbocycles. The van der Waals surface area contributed by atoms with Gasteiger partial charge in [-0.05, 0) is 49.1 Å². The predicted octanol–water partition coefficient (Wildman–Crippen LogP) is 4.26. The van der Waals surface area contributed by atoms with Crippen LogP contribution in [0.2, 0.25) is 0 Å². The third kappa shape index (κ3) is 4.32. The van der Waals surface area contributed by atoms with Gasteiger partial charge in [0.25, 0.3) is 5.56 Å². The quantitative estimate of drug-likeness (QED) is 0.658. The monoisotopic (exact) mass is 423 g/mol. The maximum atomic E-state index is 13.6. The molecule has 0 amide bonds. The van der Waals surface area contributed by atoms with Gasteiger partial charge in [0.2, 0.25) is 0 Å². The van der Waals surface area contributed by atoms with E-state index in [1.807, 2.05) is 38.1 Å². The lowest BCUT2D eigenvalue weighted by Gasteiger charge is -2.28. The summed E-state index contributed by atoms with van der Waals surface area (Å²) in [6, 6.07) is 13.5. The standard InChI is InChI=1S/C25H26FNO4/c1-15(2)27-22(12-11-19-13-18(28)14-23(29)31-19)24(16-7-9-17(26)10-8-16)20-5-3-4-6-21(20)25(27)30/h3-12,15,18-19,23,28-29H,13-14H2,1-2H3/b12-11+/t18-,19+,23?/m1/s1. The Morgan fingerprint density at radius 1 is 1.06 bits per heavy atom. The number of hydrogen-bond donors (Lipinski definition) is 2. The van der Waals surface area contributed by atoms with Crippen LogP contribution in [-0.2, 0) is 4.74 Å². The number of aromatic nitrogens is 1. The summed E-state index contributed by atoms with van der Waals surface area (Å²) in [5.41, 5.74) is 2.16. The molecule has 2 aromatic carbocycles. The van der Waals surface area contributed by atoms with Gasteiger partial charge in [0, 0.05) is 29.8 Å². The number of halogens is 1. The molecule has 1 fully saturated rings. The molecule has 1 unspecified atom stereocenters. The molecule has 31 heavy (non-hydrogen) atoms. The molecular formula is C25H26FNO4. The highest BCUT2D eigenvalue weighted by Gasteiger charge is 2.26. The Hall–Kier alpha value is -2.80. The fourth-order valence-electron chi connectivity index (χ4n) is 4.21. The fourth-order valence-corrected chi connectivity index (χ4v) is 4.21. The third-order valence-electron chi connectivity index (χ3n) is 5.59. The van der Waals surface area contributed by atoms with Crippen molar-refractivity contribution in [1.82, 2.24) is 4.57 Å². The van der Waals surface area contributed by atoms with Crippen molar-refractivity contribution in [3.8, 4) is 11.1 Å². The van der Waals surface area contributed by atoms with Crippen LogP contribution < -0.4 is 5.56 Å². The molecule has 0 radical (unpaired) electrons. The van der Waals surface area contributed by atoms with Crippen molar-refractivity contribution in [1.29, 1.82) is 0 Å². The van der Waals surface area contributed by atoms with E-state index in [0.717, 1.165) is 16.5 Å². The van der Waals surface area contributed by atoms with Crippen molar-refractivity contribution >= 4 is 16.8 Å². The highest BCUT2D eigenvalue weighted by molar-refractivity contribution is 5.99. The summed E-state index contributed by atoms with van der Waals surface area (Å²) < 4.78 is 20.9. The van der Waals surface area contributed by atoms with Gasteiger partial charge in [0.05, 0.1) is 17.9 Å². The summed E-state index contributed by atoms with van der Waals surface area (Å²) in [7, 11) is 0. The number of ether oxygens (including phenoxy) is 1. The summed E-state index contributed by atoms with van der Waals surface area (Å²) in [6.45, 7) is 3.87. The third-order valence-corrected chi connectivity index (χ3v) is 5.59. The van der Waals surface area contributed by atoms with E-state index in [0.29, 0.717) is 17.5 Å². The maximum Gasteiger partial charge on any atom is 0.259 e. The number of aliphatic hydroxyl groups excluding tert-OH is 2. The molecular weight excluding hydrogens is 397 g/mol. The second-order valence-electron chi connectivity index (χ2n) is 8.20. The van der Waals surface area contributed by atoms with Crippen molar-refractivity contribution in [2.75, 3.05) is 0 Å². The zero-order valence-electron chi connectivity index (χ0n) is 17.5. The molecule has 3 aromatic rings. The molecule has 6 heteroatoms. The first-order chi connectivity index (χ1) is 14.8. The summed E-state index contributed by atoms with van der Waals surface area (Å²) >= 11 is 0. The summed E-state index contributed by atoms with van der Waals surface area (Å²) in [5, 5.41) is 21.2. The molecule has 0 bridgehead atoms. The van der Waals surface area contributed by atoms with Crippen molar-refractivity contribution in [3.05, 3.63) is 76.5 Å². The number of benzene rings is 2. The summed E-state index contributed by atoms with van der Waals surface area (Å²) in [6.07, 6.45) is 1.94. The minimum atomic E-state index is -1.03. The van der Waals surface area contributed by atoms with E-state index >= 15 is 0 Å². The molecule has 1 aliphatic rings. The molecule has 162 valence electrons. The van der Waals surface area contributed by atoms with Crippen LogP contribution in [0.15, 0.2) is 59.4 Å². The predicted molar refractivity (Wildman–Crippen MR) is 119 cm³/mol. The van der Waals surface area contributed by atoms with Crippen molar-refractivity contribution < 1.29 is 19.3 Å². The highest BCUT2D eigenvalue weighted by Crippen LogP contribution is 2.33. The maximum absolute atomic E-state index is 13.6. The van der Waals surface area contributed by atoms with Gasteiger partial charge < -0.3 is 19.5 Å². The Labute approximate surface area is 180 Å². The normalized spacial score (nSPS) is 21.9. The molecule has 1 aromatic heterocycles. The Kier molecular flexibility index (Phi) is 6.05. The second kappa shape index (κ2) is 8.75. The first-order valence-corrected chi connectivity index (χ1v) is 10.5. The zero-order valence-corrected chi connectivity index (χ0v) is 17.5. The van der Waals surface area contributed by atoms with Crippen LogP contribution in [0.4, 0.5) is 4.39 Å². The van der Waals surface area contributed by atoms with Gasteiger partial charge in [-0.3, -0.25) is 4.79 Å². The van der Waals surface area contributed by atoms with Gasteiger partial charge in [0.15, 0.2) is 6.29 Å². The van der Waals surface area contributed by atoms with Crippen LogP contribution in [0.3, 0.4) is 0 Å². The van der Waals surface area contributed by atoms with Gasteiger partial charge in [-0.2, -0.15) is 0 Å². The van der Waals surface area contributed by atoms with E-state index in [9.17, 15) is 19.4 Å². The average Bonchev–Trinajstić information content (AvgIpc) is 2.72. The fraction of sp³-hybridized carbons (Fsp3) is 0.320. The molecule has 0 spiro atoms. The highest BCUT2D eigenvalue weighted by atomic mass is 19.1. The van der Waals surface area contributed by atoms with Crippen LogP contribution in [-0.4, -0.2) is 33.3 Å². The van der Waals surface area contributed by atoms with Crippen molar-refractivity contribution in [2.45, 2.75) is 51.2 Å². The van der Waals surface area contributed by atoms with Crippen molar-refractivity contribution in [3.63, 3.8) is 0 Å². The van der Waals surface area contributed by atoms with Crippen LogP contribution in [0.5, 0.6) is 0 Å². The van der Waals surface area contributed by atoms with E-state index in [-0.39, 0.29) is 23.8 Å². The molecule has 0 aliphatic carbocycles. The first kappa shape index (κ1) is 21.4. The molecule has 4 rings (SSSR count). The van der Waals surface area contributed by atoms with E-state index in [1.54, 1.807) is 28.8 Å². The smallest absolute Gasteiger partial charge is 0.259 e. The van der Waals surface area contributed by atoms with Gasteiger partial charge in [-0.1, -0.05) is 36.4 Å². The van der Waals surface area contributed by atoms with Gasteiger partial charge in [-0.15, -0.1) is 0 Å². The van der Waals surface area contributed by atoms with Crippen LogP contribution >= 0.6 is 0 Å². The SMILES string of the molecule is CC(C)n1c(/C=C/[C@H]2C[C@@H](O)CC(O)O2)c(-c2ccc(F)cc2)c2ccccc2c1=O. The van der Waals surface area contributed by atoms with Crippen LogP contribution in [0.25, 0.3) is 28.0 Å². The second-order valence-corrected chi connectivity index (χ2v) is 8.20. The van der Waals surface area contributed by atoms with E-state index in [4.69, 9.17) is 4.74 Å². The average molecular weight is 423 g/mol. The first-order valence-electron chi connectivity index (χ1n) is 10.5. The Morgan fingerprint density at radius 3 is 2.39 bits per heavy atom. The Balaban J connectivity index is 1.96. The molecule has 2 heterocycles. The summed E-state index contributed by atoms with van der Waals surface area (Å²) in [4.78, 5) is 13.3. The number of rotatable bonds is 4. The number of fused-ring (bicyclic) bond motifs is 1. The topological polar surface area (TPSA) is 71.7 Å². The number of aliphatic hydroxyl groups is 2. The lowest BCUT2D eigenvalue weighted by Crippen LogP contribution is -2.34. The number of pyridine rings is 1. The molecule has 5 nitrogen and oxygen atoms in total. The number of hydrogen-bond acceptors (Lipinski definition) is 4. The Bertz CT molecular complexity index is 1160. The lowest BCUT2D eigenvalue weighted by molar-refractivity contribution is -0.175. The van der Waals surface area contributed by atoms with Crippen molar-refractivity contribution in [2.24, 2.45) is 0 Å². The minimum absolute atomic E-state index is 0.110. The number of nitrogens with zero attached hydrogens (tertiary/aromatic N) is 1. The molecule has 1 saturated heterocycles. The van der Waals surface area contributed by atoms with Gasteiger partial charge in [0.1, 0.15) is 5.82 Å². The zero-order chi connectivity index (χ0) is 22.1. The molecule has 1 aliphatic heterocycles. The molecule has 2 N–H and O–H groups in total. The Morgan fingerprint density at radius 2 is 1.74 bits per heavy atom. The molecule has 3 atom stereocenters. The van der Waals surface area contributed by atoms with E-state index in [2.05, 4.69) is 0 Å². The van der Waals surface area contributed by atoms with E-state index in [1.165, 1.54) is 12.1 Å². The van der Waals surface area contributed by atoms with Gasteiger partial charge in [-0.25, -0.2) is 4.39 Å². The lowest BCUT2D eigenvalue weighted by atomic mass is 9.95. The van der Waals surface area contributed by atoms with E-state index < -0.39 is 18.5 Å². The van der Waals surface area contributed by atoms with Gasteiger partial charge >= 0.3 is 0 Å². The largest absolute Gasteiger partial charge is 0.393 e. The summed E-state index contributed by atoms with van der Waals surface area (Å²) in [5.74, 6) is -0.332. The minimum Gasteiger partial charge on any atom is -0.393 e.